The van der Waals surface area contributed by atoms with E-state index in [9.17, 15) is 0 Å². The molecule has 0 bridgehead atoms. The summed E-state index contributed by atoms with van der Waals surface area (Å²) in [5, 5.41) is 8.93. The van der Waals surface area contributed by atoms with Gasteiger partial charge in [-0.2, -0.15) is 5.26 Å². The first-order valence-corrected chi connectivity index (χ1v) is 6.71. The van der Waals surface area contributed by atoms with Crippen LogP contribution in [-0.2, 0) is 0 Å². The van der Waals surface area contributed by atoms with Gasteiger partial charge in [-0.15, -0.1) is 0 Å². The minimum Gasteiger partial charge on any atom is -0.303 e. The third-order valence-corrected chi connectivity index (χ3v) is 3.65. The molecule has 1 saturated heterocycles. The lowest BCUT2D eigenvalue weighted by molar-refractivity contribution is 0.294. The smallest absolute Gasteiger partial charge is 0.0683 e. The van der Waals surface area contributed by atoms with Crippen LogP contribution in [0, 0.1) is 22.7 Å². The SMILES string of the molecule is CCCC1CCN(CCCC(C)(C)C#N)C1. The zero-order valence-electron chi connectivity index (χ0n) is 11.1. The molecule has 0 aromatic rings. The number of likely N-dealkylation sites (tertiary alicyclic amines) is 1. The molecule has 16 heavy (non-hydrogen) atoms. The average Bonchev–Trinajstić information content (AvgIpc) is 2.66. The van der Waals surface area contributed by atoms with Gasteiger partial charge in [0.1, 0.15) is 0 Å². The molecule has 1 fully saturated rings. The van der Waals surface area contributed by atoms with E-state index in [1.54, 1.807) is 0 Å². The Kier molecular flexibility index (Phi) is 5.28. The van der Waals surface area contributed by atoms with Crippen LogP contribution in [0.1, 0.15) is 52.9 Å². The molecule has 1 rings (SSSR count). The lowest BCUT2D eigenvalue weighted by atomic mass is 9.90. The van der Waals surface area contributed by atoms with Gasteiger partial charge in [-0.3, -0.25) is 0 Å². The summed E-state index contributed by atoms with van der Waals surface area (Å²) in [5.74, 6) is 0.939. The quantitative estimate of drug-likeness (QED) is 0.688. The predicted molar refractivity (Wildman–Crippen MR) is 68.1 cm³/mol. The first-order valence-electron chi connectivity index (χ1n) is 6.71. The molecule has 1 atom stereocenters. The first kappa shape index (κ1) is 13.5. The lowest BCUT2D eigenvalue weighted by Gasteiger charge is -2.19. The van der Waals surface area contributed by atoms with Crippen molar-refractivity contribution >= 4 is 0 Å². The highest BCUT2D eigenvalue weighted by Crippen LogP contribution is 2.24. The molecule has 2 heteroatoms. The van der Waals surface area contributed by atoms with E-state index >= 15 is 0 Å². The van der Waals surface area contributed by atoms with Crippen LogP contribution < -0.4 is 0 Å². The topological polar surface area (TPSA) is 27.0 Å². The summed E-state index contributed by atoms with van der Waals surface area (Å²) in [5.41, 5.74) is -0.136. The van der Waals surface area contributed by atoms with Gasteiger partial charge in [-0.05, 0) is 58.5 Å². The second-order valence-corrected chi connectivity index (χ2v) is 5.84. The largest absolute Gasteiger partial charge is 0.303 e. The van der Waals surface area contributed by atoms with E-state index in [2.05, 4.69) is 17.9 Å². The maximum absolute atomic E-state index is 8.93. The summed E-state index contributed by atoms with van der Waals surface area (Å²) in [4.78, 5) is 2.58. The van der Waals surface area contributed by atoms with Crippen LogP contribution in [0.3, 0.4) is 0 Å². The zero-order valence-corrected chi connectivity index (χ0v) is 11.1. The molecule has 0 spiro atoms. The van der Waals surface area contributed by atoms with Gasteiger partial charge in [-0.25, -0.2) is 0 Å². The Morgan fingerprint density at radius 3 is 2.81 bits per heavy atom. The number of nitrogens with zero attached hydrogens (tertiary/aromatic N) is 2. The number of rotatable bonds is 6. The van der Waals surface area contributed by atoms with Gasteiger partial charge < -0.3 is 4.90 Å². The minimum atomic E-state index is -0.136. The van der Waals surface area contributed by atoms with Crippen LogP contribution in [-0.4, -0.2) is 24.5 Å². The fourth-order valence-electron chi connectivity index (χ4n) is 2.56. The Bertz CT molecular complexity index is 240. The number of hydrogen-bond acceptors (Lipinski definition) is 2. The second kappa shape index (κ2) is 6.25. The summed E-state index contributed by atoms with van der Waals surface area (Å²) in [6, 6.07) is 2.38. The highest BCUT2D eigenvalue weighted by atomic mass is 15.1. The third-order valence-electron chi connectivity index (χ3n) is 3.65. The molecule has 2 nitrogen and oxygen atoms in total. The summed E-state index contributed by atoms with van der Waals surface area (Å²) < 4.78 is 0. The standard InChI is InChI=1S/C14H26N2/c1-4-6-13-7-10-16(11-13)9-5-8-14(2,3)12-15/h13H,4-11H2,1-3H3. The Hall–Kier alpha value is -0.550. The molecular weight excluding hydrogens is 196 g/mol. The Morgan fingerprint density at radius 2 is 2.19 bits per heavy atom. The summed E-state index contributed by atoms with van der Waals surface area (Å²) in [6.45, 7) is 10.1. The van der Waals surface area contributed by atoms with Crippen molar-refractivity contribution in [3.63, 3.8) is 0 Å². The average molecular weight is 222 g/mol. The summed E-state index contributed by atoms with van der Waals surface area (Å²) in [6.07, 6.45) is 6.29. The van der Waals surface area contributed by atoms with E-state index in [1.807, 2.05) is 13.8 Å². The lowest BCUT2D eigenvalue weighted by Crippen LogP contribution is -2.23. The molecule has 0 aromatic heterocycles. The maximum Gasteiger partial charge on any atom is 0.0683 e. The second-order valence-electron chi connectivity index (χ2n) is 5.84. The zero-order chi connectivity index (χ0) is 12.0. The van der Waals surface area contributed by atoms with Crippen molar-refractivity contribution in [2.24, 2.45) is 11.3 Å². The molecule has 1 aliphatic heterocycles. The highest BCUT2D eigenvalue weighted by molar-refractivity contribution is 4.91. The van der Waals surface area contributed by atoms with Gasteiger partial charge in [0.05, 0.1) is 11.5 Å². The molecule has 0 amide bonds. The van der Waals surface area contributed by atoms with Gasteiger partial charge >= 0.3 is 0 Å². The molecule has 1 heterocycles. The number of nitriles is 1. The Labute approximate surface area is 101 Å². The van der Waals surface area contributed by atoms with Crippen molar-refractivity contribution in [2.75, 3.05) is 19.6 Å². The Morgan fingerprint density at radius 1 is 1.44 bits per heavy atom. The molecule has 1 unspecified atom stereocenters. The van der Waals surface area contributed by atoms with Crippen molar-refractivity contribution in [2.45, 2.75) is 52.9 Å². The minimum absolute atomic E-state index is 0.136. The fraction of sp³-hybridized carbons (Fsp3) is 0.929. The van der Waals surface area contributed by atoms with Crippen LogP contribution >= 0.6 is 0 Å². The first-order chi connectivity index (χ1) is 7.57. The van der Waals surface area contributed by atoms with Crippen molar-refractivity contribution in [3.05, 3.63) is 0 Å². The molecule has 0 saturated carbocycles. The third kappa shape index (κ3) is 4.53. The normalized spacial score (nSPS) is 22.2. The molecule has 0 radical (unpaired) electrons. The fourth-order valence-corrected chi connectivity index (χ4v) is 2.56. The highest BCUT2D eigenvalue weighted by Gasteiger charge is 2.22. The van der Waals surface area contributed by atoms with Crippen molar-refractivity contribution in [1.29, 1.82) is 5.26 Å². The van der Waals surface area contributed by atoms with E-state index in [0.717, 1.165) is 12.3 Å². The van der Waals surface area contributed by atoms with E-state index in [-0.39, 0.29) is 5.41 Å². The van der Waals surface area contributed by atoms with Crippen molar-refractivity contribution in [3.8, 4) is 6.07 Å². The molecule has 92 valence electrons. The summed E-state index contributed by atoms with van der Waals surface area (Å²) >= 11 is 0. The molecule has 0 aliphatic carbocycles. The summed E-state index contributed by atoms with van der Waals surface area (Å²) in [7, 11) is 0. The van der Waals surface area contributed by atoms with Crippen LogP contribution in [0.4, 0.5) is 0 Å². The molecular formula is C14H26N2. The van der Waals surface area contributed by atoms with Crippen LogP contribution in [0.5, 0.6) is 0 Å². The molecule has 0 N–H and O–H groups in total. The van der Waals surface area contributed by atoms with E-state index in [4.69, 9.17) is 5.26 Å². The van der Waals surface area contributed by atoms with Crippen molar-refractivity contribution in [1.82, 2.24) is 4.90 Å². The van der Waals surface area contributed by atoms with E-state index in [1.165, 1.54) is 45.3 Å². The van der Waals surface area contributed by atoms with Crippen LogP contribution in [0.25, 0.3) is 0 Å². The van der Waals surface area contributed by atoms with Gasteiger partial charge in [-0.1, -0.05) is 13.3 Å². The van der Waals surface area contributed by atoms with Gasteiger partial charge in [0, 0.05) is 6.54 Å². The van der Waals surface area contributed by atoms with Crippen LogP contribution in [0.15, 0.2) is 0 Å². The number of hydrogen-bond donors (Lipinski definition) is 0. The molecule has 1 aliphatic rings. The van der Waals surface area contributed by atoms with Gasteiger partial charge in [0.2, 0.25) is 0 Å². The van der Waals surface area contributed by atoms with Gasteiger partial charge in [0.25, 0.3) is 0 Å². The van der Waals surface area contributed by atoms with Crippen LogP contribution in [0.2, 0.25) is 0 Å². The molecule has 0 aromatic carbocycles. The van der Waals surface area contributed by atoms with E-state index < -0.39 is 0 Å². The monoisotopic (exact) mass is 222 g/mol. The van der Waals surface area contributed by atoms with Gasteiger partial charge in [0.15, 0.2) is 0 Å². The van der Waals surface area contributed by atoms with E-state index in [0.29, 0.717) is 0 Å². The maximum atomic E-state index is 8.93. The Balaban J connectivity index is 2.14. The predicted octanol–water partition coefficient (Wildman–Crippen LogP) is 3.44. The van der Waals surface area contributed by atoms with Crippen molar-refractivity contribution < 1.29 is 0 Å².